The van der Waals surface area contributed by atoms with Crippen LogP contribution in [0.2, 0.25) is 0 Å². The first-order chi connectivity index (χ1) is 13.1. The van der Waals surface area contributed by atoms with Gasteiger partial charge in [-0.3, -0.25) is 0 Å². The molecule has 3 rings (SSSR count). The third-order valence-corrected chi connectivity index (χ3v) is 4.82. The summed E-state index contributed by atoms with van der Waals surface area (Å²) in [4.78, 5) is 11.6. The lowest BCUT2D eigenvalue weighted by Gasteiger charge is -2.06. The zero-order chi connectivity index (χ0) is 19.2. The average molecular weight is 384 g/mol. The number of aromatic nitrogens is 3. The van der Waals surface area contributed by atoms with Crippen LogP contribution in [-0.4, -0.2) is 34.6 Å². The van der Waals surface area contributed by atoms with Crippen LogP contribution in [0.5, 0.6) is 5.75 Å². The molecule has 140 valence electrons. The number of nitrogens with two attached hydrogens (primary N) is 1. The first-order valence-corrected chi connectivity index (χ1v) is 9.34. The topological polar surface area (TPSA) is 92.3 Å². The highest BCUT2D eigenvalue weighted by Gasteiger charge is 2.13. The van der Waals surface area contributed by atoms with Crippen molar-refractivity contribution in [3.63, 3.8) is 0 Å². The van der Waals surface area contributed by atoms with E-state index in [9.17, 15) is 4.79 Å². The monoisotopic (exact) mass is 384 g/mol. The SMILES string of the molecule is CCOc1ccc(-c2nnc(SCc3cccc(C(=O)OC)c3)n2N)cc1. The zero-order valence-electron chi connectivity index (χ0n) is 15.1. The largest absolute Gasteiger partial charge is 0.494 e. The van der Waals surface area contributed by atoms with Gasteiger partial charge in [0.2, 0.25) is 5.16 Å². The molecule has 7 nitrogen and oxygen atoms in total. The Kier molecular flexibility index (Phi) is 5.97. The molecule has 0 radical (unpaired) electrons. The van der Waals surface area contributed by atoms with E-state index in [-0.39, 0.29) is 5.97 Å². The Bertz CT molecular complexity index is 925. The van der Waals surface area contributed by atoms with Crippen LogP contribution in [-0.2, 0) is 10.5 Å². The van der Waals surface area contributed by atoms with Crippen LogP contribution in [0.1, 0.15) is 22.8 Å². The molecule has 8 heteroatoms. The number of esters is 1. The highest BCUT2D eigenvalue weighted by atomic mass is 32.2. The van der Waals surface area contributed by atoms with Gasteiger partial charge in [-0.15, -0.1) is 10.2 Å². The van der Waals surface area contributed by atoms with Gasteiger partial charge < -0.3 is 15.3 Å². The highest BCUT2D eigenvalue weighted by molar-refractivity contribution is 7.98. The summed E-state index contributed by atoms with van der Waals surface area (Å²) in [5.74, 6) is 7.77. The van der Waals surface area contributed by atoms with Crippen molar-refractivity contribution in [1.29, 1.82) is 0 Å². The van der Waals surface area contributed by atoms with Crippen molar-refractivity contribution >= 4 is 17.7 Å². The molecule has 0 spiro atoms. The number of ether oxygens (including phenoxy) is 2. The Labute approximate surface area is 161 Å². The smallest absolute Gasteiger partial charge is 0.337 e. The van der Waals surface area contributed by atoms with Crippen LogP contribution in [0, 0.1) is 0 Å². The van der Waals surface area contributed by atoms with Gasteiger partial charge in [0.05, 0.1) is 19.3 Å². The van der Waals surface area contributed by atoms with E-state index in [1.807, 2.05) is 43.3 Å². The number of nitrogen functional groups attached to an aromatic ring is 1. The maximum absolute atomic E-state index is 11.6. The van der Waals surface area contributed by atoms with Gasteiger partial charge in [-0.2, -0.15) is 0 Å². The normalized spacial score (nSPS) is 10.6. The van der Waals surface area contributed by atoms with Crippen molar-refractivity contribution in [2.45, 2.75) is 17.8 Å². The number of nitrogens with zero attached hydrogens (tertiary/aromatic N) is 3. The summed E-state index contributed by atoms with van der Waals surface area (Å²) in [5.41, 5.74) is 2.33. The molecule has 0 bridgehead atoms. The molecule has 0 amide bonds. The predicted octanol–water partition coefficient (Wildman–Crippen LogP) is 3.14. The summed E-state index contributed by atoms with van der Waals surface area (Å²) < 4.78 is 11.7. The van der Waals surface area contributed by atoms with Crippen molar-refractivity contribution in [3.05, 3.63) is 59.7 Å². The lowest BCUT2D eigenvalue weighted by atomic mass is 10.1. The summed E-state index contributed by atoms with van der Waals surface area (Å²) in [7, 11) is 1.36. The van der Waals surface area contributed by atoms with Crippen LogP contribution in [0.3, 0.4) is 0 Å². The van der Waals surface area contributed by atoms with Gasteiger partial charge in [0.25, 0.3) is 0 Å². The second-order valence-electron chi connectivity index (χ2n) is 5.61. The Hall–Kier alpha value is -3.00. The number of hydrogen-bond donors (Lipinski definition) is 1. The molecule has 0 unspecified atom stereocenters. The summed E-state index contributed by atoms with van der Waals surface area (Å²) in [6.45, 7) is 2.55. The minimum Gasteiger partial charge on any atom is -0.494 e. The van der Waals surface area contributed by atoms with E-state index in [0.29, 0.717) is 28.9 Å². The van der Waals surface area contributed by atoms with E-state index in [4.69, 9.17) is 15.3 Å². The van der Waals surface area contributed by atoms with Crippen LogP contribution in [0.25, 0.3) is 11.4 Å². The molecule has 0 aliphatic carbocycles. The number of methoxy groups -OCH3 is 1. The molecule has 27 heavy (non-hydrogen) atoms. The number of rotatable bonds is 7. The molecule has 1 aromatic heterocycles. The minimum absolute atomic E-state index is 0.360. The van der Waals surface area contributed by atoms with E-state index >= 15 is 0 Å². The Balaban J connectivity index is 1.71. The van der Waals surface area contributed by atoms with Crippen molar-refractivity contribution < 1.29 is 14.3 Å². The molecule has 2 aromatic carbocycles. The lowest BCUT2D eigenvalue weighted by molar-refractivity contribution is 0.0600. The van der Waals surface area contributed by atoms with E-state index < -0.39 is 0 Å². The fourth-order valence-corrected chi connectivity index (χ4v) is 3.29. The minimum atomic E-state index is -0.360. The van der Waals surface area contributed by atoms with Gasteiger partial charge >= 0.3 is 5.97 Å². The van der Waals surface area contributed by atoms with E-state index in [2.05, 4.69) is 10.2 Å². The molecular weight excluding hydrogens is 364 g/mol. The molecule has 0 fully saturated rings. The summed E-state index contributed by atoms with van der Waals surface area (Å²) in [5, 5.41) is 8.94. The summed E-state index contributed by atoms with van der Waals surface area (Å²) in [6.07, 6.45) is 0. The Morgan fingerprint density at radius 1 is 1.19 bits per heavy atom. The summed E-state index contributed by atoms with van der Waals surface area (Å²) >= 11 is 1.44. The van der Waals surface area contributed by atoms with Gasteiger partial charge in [0, 0.05) is 11.3 Å². The molecule has 3 aromatic rings. The maximum Gasteiger partial charge on any atom is 0.337 e. The fourth-order valence-electron chi connectivity index (χ4n) is 2.49. The van der Waals surface area contributed by atoms with E-state index in [1.165, 1.54) is 23.5 Å². The second kappa shape index (κ2) is 8.59. The molecule has 0 saturated carbocycles. The second-order valence-corrected chi connectivity index (χ2v) is 6.56. The van der Waals surface area contributed by atoms with Crippen LogP contribution < -0.4 is 10.6 Å². The predicted molar refractivity (Wildman–Crippen MR) is 104 cm³/mol. The van der Waals surface area contributed by atoms with E-state index in [1.54, 1.807) is 12.1 Å². The number of carbonyl (C=O) groups is 1. The standard InChI is InChI=1S/C19H20N4O3S/c1-3-26-16-9-7-14(8-10-16)17-21-22-19(23(17)20)27-12-13-5-4-6-15(11-13)18(24)25-2/h4-11H,3,12,20H2,1-2H3. The van der Waals surface area contributed by atoms with Gasteiger partial charge in [0.1, 0.15) is 5.75 Å². The van der Waals surface area contributed by atoms with Gasteiger partial charge in [-0.25, -0.2) is 9.47 Å². The first kappa shape index (κ1) is 18.8. The average Bonchev–Trinajstić information content (AvgIpc) is 3.07. The molecule has 0 atom stereocenters. The maximum atomic E-state index is 11.6. The molecular formula is C19H20N4O3S. The van der Waals surface area contributed by atoms with E-state index in [0.717, 1.165) is 16.9 Å². The number of hydrogen-bond acceptors (Lipinski definition) is 7. The van der Waals surface area contributed by atoms with Crippen molar-refractivity contribution in [2.75, 3.05) is 19.6 Å². The van der Waals surface area contributed by atoms with Gasteiger partial charge in [-0.1, -0.05) is 23.9 Å². The molecule has 1 heterocycles. The lowest BCUT2D eigenvalue weighted by Crippen LogP contribution is -2.11. The Morgan fingerprint density at radius 2 is 1.96 bits per heavy atom. The zero-order valence-corrected chi connectivity index (χ0v) is 15.9. The molecule has 2 N–H and O–H groups in total. The van der Waals surface area contributed by atoms with Crippen molar-refractivity contribution in [3.8, 4) is 17.1 Å². The van der Waals surface area contributed by atoms with Gasteiger partial charge in [-0.05, 0) is 48.9 Å². The molecule has 0 aliphatic heterocycles. The number of carbonyl (C=O) groups excluding carboxylic acids is 1. The highest BCUT2D eigenvalue weighted by Crippen LogP contribution is 2.26. The third-order valence-electron chi connectivity index (χ3n) is 3.80. The Morgan fingerprint density at radius 3 is 2.67 bits per heavy atom. The number of thioether (sulfide) groups is 1. The fraction of sp³-hybridized carbons (Fsp3) is 0.211. The van der Waals surface area contributed by atoms with Crippen LogP contribution in [0.4, 0.5) is 0 Å². The first-order valence-electron chi connectivity index (χ1n) is 8.36. The third kappa shape index (κ3) is 4.40. The van der Waals surface area contributed by atoms with Gasteiger partial charge in [0.15, 0.2) is 5.82 Å². The number of benzene rings is 2. The van der Waals surface area contributed by atoms with Crippen LogP contribution in [0.15, 0.2) is 53.7 Å². The summed E-state index contributed by atoms with van der Waals surface area (Å²) in [6, 6.07) is 14.8. The quantitative estimate of drug-likeness (QED) is 0.380. The molecule has 0 aliphatic rings. The van der Waals surface area contributed by atoms with Crippen molar-refractivity contribution in [2.24, 2.45) is 0 Å². The van der Waals surface area contributed by atoms with Crippen molar-refractivity contribution in [1.82, 2.24) is 14.9 Å². The van der Waals surface area contributed by atoms with Crippen LogP contribution >= 0.6 is 11.8 Å². The molecule has 0 saturated heterocycles.